The number of benzene rings is 2. The highest BCUT2D eigenvalue weighted by molar-refractivity contribution is 5.94. The van der Waals surface area contributed by atoms with Crippen molar-refractivity contribution in [2.24, 2.45) is 0 Å². The number of hydrogen-bond acceptors (Lipinski definition) is 5. The van der Waals surface area contributed by atoms with E-state index < -0.39 is 5.60 Å². The van der Waals surface area contributed by atoms with E-state index in [2.05, 4.69) is 15.4 Å². The minimum atomic E-state index is -0.932. The second-order valence-electron chi connectivity index (χ2n) is 8.46. The summed E-state index contributed by atoms with van der Waals surface area (Å²) in [5.74, 6) is -0.312. The molecule has 1 fully saturated rings. The first-order valence-electron chi connectivity index (χ1n) is 10.9. The number of rotatable bonds is 5. The lowest BCUT2D eigenvalue weighted by Gasteiger charge is -2.38. The summed E-state index contributed by atoms with van der Waals surface area (Å²) < 4.78 is 14.9. The number of nitrogens with zero attached hydrogens (tertiary/aromatic N) is 4. The zero-order chi connectivity index (χ0) is 22.8. The van der Waals surface area contributed by atoms with Crippen molar-refractivity contribution in [3.05, 3.63) is 84.6 Å². The number of fused-ring (bicyclic) bond motifs is 1. The van der Waals surface area contributed by atoms with Gasteiger partial charge in [0.2, 0.25) is 0 Å². The molecule has 0 aliphatic carbocycles. The third kappa shape index (κ3) is 4.56. The van der Waals surface area contributed by atoms with Crippen LogP contribution in [0.5, 0.6) is 0 Å². The van der Waals surface area contributed by atoms with Gasteiger partial charge in [-0.2, -0.15) is 5.10 Å². The Kier molecular flexibility index (Phi) is 5.51. The Labute approximate surface area is 190 Å². The number of anilines is 2. The van der Waals surface area contributed by atoms with E-state index in [1.54, 1.807) is 47.8 Å². The van der Waals surface area contributed by atoms with Crippen LogP contribution in [0.15, 0.2) is 73.2 Å². The minimum absolute atomic E-state index is 0.0369. The number of likely N-dealkylation sites (tertiary alicyclic amines) is 1. The molecule has 0 saturated carbocycles. The first-order chi connectivity index (χ1) is 16.0. The largest absolute Gasteiger partial charge is 0.388 e. The van der Waals surface area contributed by atoms with Crippen molar-refractivity contribution < 1.29 is 14.3 Å². The number of halogens is 1. The number of pyridine rings is 1. The molecule has 2 N–H and O–H groups in total. The van der Waals surface area contributed by atoms with Crippen LogP contribution in [0.1, 0.15) is 23.2 Å². The van der Waals surface area contributed by atoms with Crippen LogP contribution in [-0.2, 0) is 6.54 Å². The lowest BCUT2D eigenvalue weighted by molar-refractivity contribution is -0.0306. The van der Waals surface area contributed by atoms with Gasteiger partial charge in [-0.05, 0) is 67.4 Å². The van der Waals surface area contributed by atoms with Crippen molar-refractivity contribution in [3.63, 3.8) is 0 Å². The van der Waals surface area contributed by atoms with Crippen LogP contribution in [0, 0.1) is 5.82 Å². The van der Waals surface area contributed by atoms with Gasteiger partial charge in [-0.25, -0.2) is 4.39 Å². The summed E-state index contributed by atoms with van der Waals surface area (Å²) in [5, 5.41) is 19.9. The number of carbonyl (C=O) groups is 1. The highest BCUT2D eigenvalue weighted by Crippen LogP contribution is 2.28. The molecule has 0 atom stereocenters. The van der Waals surface area contributed by atoms with Crippen LogP contribution in [0.25, 0.3) is 10.9 Å². The van der Waals surface area contributed by atoms with E-state index in [1.807, 2.05) is 22.9 Å². The second kappa shape index (κ2) is 8.63. The third-order valence-electron chi connectivity index (χ3n) is 6.13. The molecular weight excluding hydrogens is 421 g/mol. The predicted molar refractivity (Wildman–Crippen MR) is 124 cm³/mol. The number of aromatic nitrogens is 3. The molecule has 168 valence electrons. The molecule has 0 bridgehead atoms. The summed E-state index contributed by atoms with van der Waals surface area (Å²) in [6, 6.07) is 15.5. The van der Waals surface area contributed by atoms with Gasteiger partial charge in [-0.15, -0.1) is 0 Å². The maximum atomic E-state index is 13.1. The van der Waals surface area contributed by atoms with Gasteiger partial charge in [0.05, 0.1) is 23.9 Å². The molecule has 33 heavy (non-hydrogen) atoms. The standard InChI is InChI=1S/C25H24FN5O2/c26-20-1-3-21(4-2-20)29-22-5-6-23-19(15-22)16-28-31(23)17-25(33)9-13-30(14-10-25)24(32)18-7-11-27-12-8-18/h1-8,11-12,15-16,29,33H,9-10,13-14,17H2. The lowest BCUT2D eigenvalue weighted by Crippen LogP contribution is -2.48. The van der Waals surface area contributed by atoms with E-state index >= 15 is 0 Å². The fourth-order valence-corrected chi connectivity index (χ4v) is 4.23. The molecule has 2 aromatic carbocycles. The molecule has 5 rings (SSSR count). The highest BCUT2D eigenvalue weighted by Gasteiger charge is 2.35. The molecule has 0 unspecified atom stereocenters. The molecule has 2 aromatic heterocycles. The van der Waals surface area contributed by atoms with Gasteiger partial charge in [0.15, 0.2) is 0 Å². The monoisotopic (exact) mass is 445 g/mol. The Balaban J connectivity index is 1.25. The zero-order valence-corrected chi connectivity index (χ0v) is 18.0. The number of hydrogen-bond donors (Lipinski definition) is 2. The predicted octanol–water partition coefficient (Wildman–Crippen LogP) is 3.98. The molecule has 8 heteroatoms. The highest BCUT2D eigenvalue weighted by atomic mass is 19.1. The summed E-state index contributed by atoms with van der Waals surface area (Å²) >= 11 is 0. The van der Waals surface area contributed by atoms with Crippen LogP contribution >= 0.6 is 0 Å². The Bertz CT molecular complexity index is 1270. The van der Waals surface area contributed by atoms with E-state index in [4.69, 9.17) is 0 Å². The van der Waals surface area contributed by atoms with Crippen molar-refractivity contribution in [2.75, 3.05) is 18.4 Å². The van der Waals surface area contributed by atoms with Gasteiger partial charge in [-0.3, -0.25) is 14.5 Å². The molecule has 4 aromatic rings. The average Bonchev–Trinajstić information content (AvgIpc) is 3.22. The van der Waals surface area contributed by atoms with E-state index in [0.29, 0.717) is 38.0 Å². The minimum Gasteiger partial charge on any atom is -0.388 e. The lowest BCUT2D eigenvalue weighted by atomic mass is 9.91. The zero-order valence-electron chi connectivity index (χ0n) is 18.0. The van der Waals surface area contributed by atoms with Crippen molar-refractivity contribution in [3.8, 4) is 0 Å². The number of nitrogens with one attached hydrogen (secondary N) is 1. The van der Waals surface area contributed by atoms with Crippen molar-refractivity contribution in [1.29, 1.82) is 0 Å². The van der Waals surface area contributed by atoms with Gasteiger partial charge < -0.3 is 15.3 Å². The smallest absolute Gasteiger partial charge is 0.253 e. The number of piperidine rings is 1. The quantitative estimate of drug-likeness (QED) is 0.486. The number of amides is 1. The van der Waals surface area contributed by atoms with Gasteiger partial charge in [0.25, 0.3) is 5.91 Å². The van der Waals surface area contributed by atoms with Crippen LogP contribution < -0.4 is 5.32 Å². The summed E-state index contributed by atoms with van der Waals surface area (Å²) in [5.41, 5.74) is 2.27. The molecule has 7 nitrogen and oxygen atoms in total. The fourth-order valence-electron chi connectivity index (χ4n) is 4.23. The maximum Gasteiger partial charge on any atom is 0.253 e. The molecule has 1 saturated heterocycles. The van der Waals surface area contributed by atoms with Gasteiger partial charge >= 0.3 is 0 Å². The average molecular weight is 445 g/mol. The Morgan fingerprint density at radius 2 is 1.73 bits per heavy atom. The van der Waals surface area contributed by atoms with E-state index in [9.17, 15) is 14.3 Å². The summed E-state index contributed by atoms with van der Waals surface area (Å²) in [6.45, 7) is 1.34. The molecule has 1 amide bonds. The molecule has 1 aliphatic heterocycles. The summed E-state index contributed by atoms with van der Waals surface area (Å²) in [4.78, 5) is 18.4. The second-order valence-corrected chi connectivity index (χ2v) is 8.46. The normalized spacial score (nSPS) is 15.5. The Morgan fingerprint density at radius 1 is 1.03 bits per heavy atom. The van der Waals surface area contributed by atoms with E-state index in [0.717, 1.165) is 22.3 Å². The number of aliphatic hydroxyl groups is 1. The van der Waals surface area contributed by atoms with Gasteiger partial charge in [0, 0.05) is 47.8 Å². The van der Waals surface area contributed by atoms with Crippen molar-refractivity contribution in [2.45, 2.75) is 25.0 Å². The molecular formula is C25H24FN5O2. The van der Waals surface area contributed by atoms with Crippen LogP contribution in [0.4, 0.5) is 15.8 Å². The van der Waals surface area contributed by atoms with Crippen LogP contribution in [0.2, 0.25) is 0 Å². The summed E-state index contributed by atoms with van der Waals surface area (Å²) in [6.07, 6.45) is 5.95. The molecule has 0 spiro atoms. The fraction of sp³-hybridized carbons (Fsp3) is 0.240. The molecule has 1 aliphatic rings. The molecule has 3 heterocycles. The summed E-state index contributed by atoms with van der Waals surface area (Å²) in [7, 11) is 0. The van der Waals surface area contributed by atoms with Gasteiger partial charge in [-0.1, -0.05) is 0 Å². The topological polar surface area (TPSA) is 83.3 Å². The SMILES string of the molecule is O=C(c1ccncc1)N1CCC(O)(Cn2ncc3cc(Nc4ccc(F)cc4)ccc32)CC1. The van der Waals surface area contributed by atoms with E-state index in [-0.39, 0.29) is 11.7 Å². The van der Waals surface area contributed by atoms with Gasteiger partial charge in [0.1, 0.15) is 5.82 Å². The Morgan fingerprint density at radius 3 is 2.45 bits per heavy atom. The van der Waals surface area contributed by atoms with Crippen LogP contribution in [0.3, 0.4) is 0 Å². The number of carbonyl (C=O) groups excluding carboxylic acids is 1. The maximum absolute atomic E-state index is 13.1. The molecule has 0 radical (unpaired) electrons. The Hall–Kier alpha value is -3.78. The first kappa shape index (κ1) is 21.1. The van der Waals surface area contributed by atoms with Crippen LogP contribution in [-0.4, -0.2) is 49.4 Å². The van der Waals surface area contributed by atoms with Crippen molar-refractivity contribution in [1.82, 2.24) is 19.7 Å². The van der Waals surface area contributed by atoms with E-state index in [1.165, 1.54) is 12.1 Å². The third-order valence-corrected chi connectivity index (χ3v) is 6.13. The van der Waals surface area contributed by atoms with Crippen molar-refractivity contribution >= 4 is 28.2 Å². The first-order valence-corrected chi connectivity index (χ1v) is 10.9.